The minimum atomic E-state index is 0.515. The van der Waals surface area contributed by atoms with Gasteiger partial charge in [-0.3, -0.25) is 4.98 Å². The van der Waals surface area contributed by atoms with Gasteiger partial charge in [0.15, 0.2) is 0 Å². The highest BCUT2D eigenvalue weighted by Crippen LogP contribution is 2.24. The highest BCUT2D eigenvalue weighted by atomic mass is 16.5. The van der Waals surface area contributed by atoms with Gasteiger partial charge in [0, 0.05) is 23.9 Å². The number of ether oxygens (including phenoxy) is 1. The average Bonchev–Trinajstić information content (AvgIpc) is 2.30. The lowest BCUT2D eigenvalue weighted by Crippen LogP contribution is -2.17. The van der Waals surface area contributed by atoms with Crippen LogP contribution in [0.4, 0.5) is 0 Å². The van der Waals surface area contributed by atoms with Crippen LogP contribution in [0.1, 0.15) is 44.0 Å². The molecule has 2 rings (SSSR count). The van der Waals surface area contributed by atoms with Crippen molar-refractivity contribution in [2.24, 2.45) is 5.92 Å². The van der Waals surface area contributed by atoms with Crippen molar-refractivity contribution in [3.05, 3.63) is 29.6 Å². The van der Waals surface area contributed by atoms with E-state index in [1.807, 2.05) is 0 Å². The van der Waals surface area contributed by atoms with Crippen molar-refractivity contribution in [2.75, 3.05) is 13.2 Å². The Labute approximate surface area is 98.0 Å². The molecular weight excluding hydrogens is 198 g/mol. The fourth-order valence-corrected chi connectivity index (χ4v) is 2.23. The number of pyridine rings is 1. The molecule has 1 saturated heterocycles. The Kier molecular flexibility index (Phi) is 3.94. The third-order valence-corrected chi connectivity index (χ3v) is 3.02. The van der Waals surface area contributed by atoms with Crippen molar-refractivity contribution >= 4 is 0 Å². The summed E-state index contributed by atoms with van der Waals surface area (Å²) in [6, 6.07) is 6.41. The molecule has 2 nitrogen and oxygen atoms in total. The van der Waals surface area contributed by atoms with Crippen LogP contribution in [0.5, 0.6) is 0 Å². The van der Waals surface area contributed by atoms with Crippen LogP contribution in [0.3, 0.4) is 0 Å². The molecule has 0 N–H and O–H groups in total. The summed E-state index contributed by atoms with van der Waals surface area (Å²) in [6.07, 6.45) is 3.46. The molecule has 2 heteroatoms. The molecule has 0 aromatic carbocycles. The maximum absolute atomic E-state index is 5.52. The first-order chi connectivity index (χ1) is 7.75. The van der Waals surface area contributed by atoms with E-state index < -0.39 is 0 Å². The maximum Gasteiger partial charge on any atom is 0.0549 e. The van der Waals surface area contributed by atoms with Gasteiger partial charge in [-0.05, 0) is 37.3 Å². The van der Waals surface area contributed by atoms with E-state index >= 15 is 0 Å². The van der Waals surface area contributed by atoms with Gasteiger partial charge in [-0.1, -0.05) is 19.9 Å². The quantitative estimate of drug-likeness (QED) is 0.779. The average molecular weight is 219 g/mol. The van der Waals surface area contributed by atoms with Crippen LogP contribution >= 0.6 is 0 Å². The highest BCUT2D eigenvalue weighted by molar-refractivity contribution is 5.15. The molecule has 0 aliphatic carbocycles. The third kappa shape index (κ3) is 3.05. The second-order valence-electron chi connectivity index (χ2n) is 5.07. The normalized spacial score (nSPS) is 21.3. The Morgan fingerprint density at radius 2 is 2.31 bits per heavy atom. The Morgan fingerprint density at radius 3 is 3.00 bits per heavy atom. The van der Waals surface area contributed by atoms with Gasteiger partial charge in [-0.15, -0.1) is 0 Å². The SMILES string of the molecule is CC(C)Cc1cccc([C@@H]2CCCOC2)n1. The van der Waals surface area contributed by atoms with Crippen molar-refractivity contribution < 1.29 is 4.74 Å². The number of hydrogen-bond donors (Lipinski definition) is 0. The third-order valence-electron chi connectivity index (χ3n) is 3.02. The molecular formula is C14H21NO. The second-order valence-corrected chi connectivity index (χ2v) is 5.07. The van der Waals surface area contributed by atoms with Gasteiger partial charge in [0.05, 0.1) is 6.61 Å². The monoisotopic (exact) mass is 219 g/mol. The fourth-order valence-electron chi connectivity index (χ4n) is 2.23. The number of nitrogens with zero attached hydrogens (tertiary/aromatic N) is 1. The zero-order valence-electron chi connectivity index (χ0n) is 10.3. The first-order valence-electron chi connectivity index (χ1n) is 6.29. The van der Waals surface area contributed by atoms with Crippen LogP contribution in [0, 0.1) is 5.92 Å². The molecule has 1 atom stereocenters. The Hall–Kier alpha value is -0.890. The Bertz CT molecular complexity index is 329. The van der Waals surface area contributed by atoms with E-state index in [4.69, 9.17) is 9.72 Å². The second kappa shape index (κ2) is 5.44. The lowest BCUT2D eigenvalue weighted by molar-refractivity contribution is 0.0792. The van der Waals surface area contributed by atoms with E-state index in [2.05, 4.69) is 32.0 Å². The van der Waals surface area contributed by atoms with E-state index in [1.165, 1.54) is 24.2 Å². The molecule has 1 aliphatic rings. The summed E-state index contributed by atoms with van der Waals surface area (Å²) in [5.74, 6) is 1.19. The first kappa shape index (κ1) is 11.6. The standard InChI is InChI=1S/C14H21NO/c1-11(2)9-13-6-3-7-14(15-13)12-5-4-8-16-10-12/h3,6-7,11-12H,4-5,8-10H2,1-2H3/t12-/m1/s1. The summed E-state index contributed by atoms with van der Waals surface area (Å²) in [7, 11) is 0. The topological polar surface area (TPSA) is 22.1 Å². The molecule has 0 saturated carbocycles. The maximum atomic E-state index is 5.52. The summed E-state index contributed by atoms with van der Waals surface area (Å²) < 4.78 is 5.52. The van der Waals surface area contributed by atoms with Gasteiger partial charge in [0.2, 0.25) is 0 Å². The van der Waals surface area contributed by atoms with E-state index in [0.29, 0.717) is 11.8 Å². The summed E-state index contributed by atoms with van der Waals surface area (Å²) in [5.41, 5.74) is 2.44. The van der Waals surface area contributed by atoms with Crippen LogP contribution in [0.2, 0.25) is 0 Å². The van der Waals surface area contributed by atoms with Gasteiger partial charge in [0.1, 0.15) is 0 Å². The van der Waals surface area contributed by atoms with Crippen molar-refractivity contribution in [1.29, 1.82) is 0 Å². The van der Waals surface area contributed by atoms with Gasteiger partial charge in [-0.25, -0.2) is 0 Å². The minimum absolute atomic E-state index is 0.515. The molecule has 16 heavy (non-hydrogen) atoms. The molecule has 1 fully saturated rings. The molecule has 0 unspecified atom stereocenters. The van der Waals surface area contributed by atoms with E-state index in [-0.39, 0.29) is 0 Å². The van der Waals surface area contributed by atoms with E-state index in [1.54, 1.807) is 0 Å². The lowest BCUT2D eigenvalue weighted by atomic mass is 9.97. The summed E-state index contributed by atoms with van der Waals surface area (Å²) in [5, 5.41) is 0. The predicted octanol–water partition coefficient (Wildman–Crippen LogP) is 3.17. The number of hydrogen-bond acceptors (Lipinski definition) is 2. The summed E-state index contributed by atoms with van der Waals surface area (Å²) >= 11 is 0. The molecule has 1 aromatic rings. The molecule has 2 heterocycles. The van der Waals surface area contributed by atoms with Crippen molar-refractivity contribution in [3.63, 3.8) is 0 Å². The summed E-state index contributed by atoms with van der Waals surface area (Å²) in [6.45, 7) is 6.23. The van der Waals surface area contributed by atoms with E-state index in [0.717, 1.165) is 19.6 Å². The zero-order chi connectivity index (χ0) is 11.4. The van der Waals surface area contributed by atoms with Crippen molar-refractivity contribution in [3.8, 4) is 0 Å². The van der Waals surface area contributed by atoms with Crippen molar-refractivity contribution in [1.82, 2.24) is 4.98 Å². The zero-order valence-corrected chi connectivity index (χ0v) is 10.3. The van der Waals surface area contributed by atoms with Crippen LogP contribution < -0.4 is 0 Å². The van der Waals surface area contributed by atoms with Crippen LogP contribution in [-0.2, 0) is 11.2 Å². The molecule has 0 amide bonds. The van der Waals surface area contributed by atoms with Crippen LogP contribution in [-0.4, -0.2) is 18.2 Å². The molecule has 0 bridgehead atoms. The van der Waals surface area contributed by atoms with Crippen LogP contribution in [0.15, 0.2) is 18.2 Å². The molecule has 0 radical (unpaired) electrons. The predicted molar refractivity (Wildman–Crippen MR) is 65.6 cm³/mol. The molecule has 88 valence electrons. The van der Waals surface area contributed by atoms with Gasteiger partial charge in [-0.2, -0.15) is 0 Å². The van der Waals surface area contributed by atoms with Gasteiger partial charge >= 0.3 is 0 Å². The Balaban J connectivity index is 2.08. The minimum Gasteiger partial charge on any atom is -0.381 e. The van der Waals surface area contributed by atoms with Gasteiger partial charge in [0.25, 0.3) is 0 Å². The Morgan fingerprint density at radius 1 is 1.44 bits per heavy atom. The lowest BCUT2D eigenvalue weighted by Gasteiger charge is -2.22. The number of aromatic nitrogens is 1. The molecule has 1 aromatic heterocycles. The number of rotatable bonds is 3. The highest BCUT2D eigenvalue weighted by Gasteiger charge is 2.17. The van der Waals surface area contributed by atoms with Gasteiger partial charge < -0.3 is 4.74 Å². The smallest absolute Gasteiger partial charge is 0.0549 e. The first-order valence-corrected chi connectivity index (χ1v) is 6.29. The molecule has 1 aliphatic heterocycles. The van der Waals surface area contributed by atoms with Crippen molar-refractivity contribution in [2.45, 2.75) is 39.0 Å². The fraction of sp³-hybridized carbons (Fsp3) is 0.643. The van der Waals surface area contributed by atoms with E-state index in [9.17, 15) is 0 Å². The summed E-state index contributed by atoms with van der Waals surface area (Å²) in [4.78, 5) is 4.76. The van der Waals surface area contributed by atoms with Crippen LogP contribution in [0.25, 0.3) is 0 Å². The largest absolute Gasteiger partial charge is 0.381 e. The molecule has 0 spiro atoms.